The van der Waals surface area contributed by atoms with E-state index < -0.39 is 0 Å². The molecular weight excluding hydrogens is 260 g/mol. The average molecular weight is 278 g/mol. The third kappa shape index (κ3) is 4.10. The van der Waals surface area contributed by atoms with Crippen molar-refractivity contribution < 1.29 is 4.79 Å². The van der Waals surface area contributed by atoms with Crippen LogP contribution in [0, 0.1) is 0 Å². The number of nitrogens with zero attached hydrogens (tertiary/aromatic N) is 3. The highest BCUT2D eigenvalue weighted by Gasteiger charge is 2.12. The van der Waals surface area contributed by atoms with Crippen LogP contribution in [-0.4, -0.2) is 33.6 Å². The molecule has 102 valence electrons. The fraction of sp³-hybridized carbons (Fsp3) is 0.385. The highest BCUT2D eigenvalue weighted by Crippen LogP contribution is 2.08. The van der Waals surface area contributed by atoms with Crippen LogP contribution in [0.25, 0.3) is 0 Å². The molecule has 1 atom stereocenters. The molecule has 0 unspecified atom stereocenters. The summed E-state index contributed by atoms with van der Waals surface area (Å²) in [5.74, 6) is 0. The highest BCUT2D eigenvalue weighted by atomic mass is 32.1. The molecule has 19 heavy (non-hydrogen) atoms. The zero-order valence-corrected chi connectivity index (χ0v) is 11.9. The van der Waals surface area contributed by atoms with Gasteiger partial charge in [0.25, 0.3) is 0 Å². The molecule has 1 N–H and O–H groups in total. The van der Waals surface area contributed by atoms with Gasteiger partial charge in [0, 0.05) is 38.6 Å². The summed E-state index contributed by atoms with van der Waals surface area (Å²) in [6.45, 7) is 3.33. The van der Waals surface area contributed by atoms with Gasteiger partial charge in [0.15, 0.2) is 0 Å². The first kappa shape index (κ1) is 13.6. The molecule has 0 saturated carbocycles. The largest absolute Gasteiger partial charge is 0.335 e. The molecule has 2 amide bonds. The second kappa shape index (κ2) is 6.38. The number of nitrogens with one attached hydrogen (secondary N) is 1. The van der Waals surface area contributed by atoms with E-state index in [1.807, 2.05) is 29.1 Å². The number of hydrogen-bond acceptors (Lipinski definition) is 3. The molecule has 0 spiro atoms. The van der Waals surface area contributed by atoms with Crippen LogP contribution in [0.3, 0.4) is 0 Å². The Balaban J connectivity index is 1.79. The van der Waals surface area contributed by atoms with Crippen molar-refractivity contribution >= 4 is 17.4 Å². The van der Waals surface area contributed by atoms with Gasteiger partial charge in [-0.2, -0.15) is 11.3 Å². The molecule has 2 rings (SSSR count). The van der Waals surface area contributed by atoms with E-state index in [1.165, 1.54) is 0 Å². The van der Waals surface area contributed by atoms with Crippen molar-refractivity contribution in [3.63, 3.8) is 0 Å². The van der Waals surface area contributed by atoms with Gasteiger partial charge >= 0.3 is 6.03 Å². The van der Waals surface area contributed by atoms with Crippen LogP contribution < -0.4 is 5.32 Å². The molecule has 0 aliphatic rings. The molecule has 0 bridgehead atoms. The minimum absolute atomic E-state index is 0.0567. The van der Waals surface area contributed by atoms with Gasteiger partial charge < -0.3 is 14.8 Å². The Bertz CT molecular complexity index is 495. The monoisotopic (exact) mass is 278 g/mol. The van der Waals surface area contributed by atoms with Gasteiger partial charge in [-0.15, -0.1) is 0 Å². The van der Waals surface area contributed by atoms with E-state index >= 15 is 0 Å². The van der Waals surface area contributed by atoms with Crippen LogP contribution in [0.4, 0.5) is 4.79 Å². The van der Waals surface area contributed by atoms with Gasteiger partial charge in [0.1, 0.15) is 0 Å². The lowest BCUT2D eigenvalue weighted by atomic mass is 10.3. The molecule has 0 aliphatic heterocycles. The number of imidazole rings is 1. The van der Waals surface area contributed by atoms with E-state index in [4.69, 9.17) is 0 Å². The Morgan fingerprint density at radius 1 is 1.63 bits per heavy atom. The molecule has 5 nitrogen and oxygen atoms in total. The summed E-state index contributed by atoms with van der Waals surface area (Å²) in [4.78, 5) is 17.7. The minimum Gasteiger partial charge on any atom is -0.335 e. The second-order valence-corrected chi connectivity index (χ2v) is 5.38. The fourth-order valence-corrected chi connectivity index (χ4v) is 2.47. The molecule has 0 aromatic carbocycles. The first-order chi connectivity index (χ1) is 9.15. The summed E-state index contributed by atoms with van der Waals surface area (Å²) in [7, 11) is 1.80. The quantitative estimate of drug-likeness (QED) is 0.911. The molecular formula is C13H18N4OS. The van der Waals surface area contributed by atoms with Crippen LogP contribution in [-0.2, 0) is 13.1 Å². The van der Waals surface area contributed by atoms with Crippen LogP contribution >= 0.6 is 11.3 Å². The van der Waals surface area contributed by atoms with Crippen molar-refractivity contribution in [3.8, 4) is 0 Å². The fourth-order valence-electron chi connectivity index (χ4n) is 1.81. The molecule has 0 saturated heterocycles. The van der Waals surface area contributed by atoms with Gasteiger partial charge in [-0.05, 0) is 29.3 Å². The van der Waals surface area contributed by atoms with Gasteiger partial charge in [-0.3, -0.25) is 0 Å². The van der Waals surface area contributed by atoms with Crippen molar-refractivity contribution in [2.45, 2.75) is 26.1 Å². The van der Waals surface area contributed by atoms with Crippen molar-refractivity contribution in [2.24, 2.45) is 0 Å². The molecule has 2 heterocycles. The van der Waals surface area contributed by atoms with Crippen LogP contribution in [0.1, 0.15) is 12.5 Å². The number of hydrogen-bond donors (Lipinski definition) is 1. The minimum atomic E-state index is -0.0567. The summed E-state index contributed by atoms with van der Waals surface area (Å²) < 4.78 is 1.95. The number of amides is 2. The number of carbonyl (C=O) groups is 1. The molecule has 0 radical (unpaired) electrons. The number of carbonyl (C=O) groups excluding carboxylic acids is 1. The number of thiophene rings is 1. The highest BCUT2D eigenvalue weighted by molar-refractivity contribution is 7.07. The van der Waals surface area contributed by atoms with E-state index in [9.17, 15) is 4.79 Å². The van der Waals surface area contributed by atoms with E-state index in [2.05, 4.69) is 15.7 Å². The Labute approximate surface area is 116 Å². The molecule has 6 heteroatoms. The maximum atomic E-state index is 12.0. The molecule has 2 aromatic rings. The maximum absolute atomic E-state index is 12.0. The molecule has 2 aromatic heterocycles. The van der Waals surface area contributed by atoms with Gasteiger partial charge in [-0.25, -0.2) is 9.78 Å². The van der Waals surface area contributed by atoms with Gasteiger partial charge in [-0.1, -0.05) is 0 Å². The van der Waals surface area contributed by atoms with Gasteiger partial charge in [0.2, 0.25) is 0 Å². The summed E-state index contributed by atoms with van der Waals surface area (Å²) in [5.41, 5.74) is 1.16. The molecule has 0 fully saturated rings. The van der Waals surface area contributed by atoms with Crippen molar-refractivity contribution in [3.05, 3.63) is 41.1 Å². The Morgan fingerprint density at radius 2 is 2.47 bits per heavy atom. The van der Waals surface area contributed by atoms with Crippen LogP contribution in [0.15, 0.2) is 35.5 Å². The summed E-state index contributed by atoms with van der Waals surface area (Å²) in [6.07, 6.45) is 5.37. The smallest absolute Gasteiger partial charge is 0.317 e. The lowest BCUT2D eigenvalue weighted by Crippen LogP contribution is -2.43. The van der Waals surface area contributed by atoms with E-state index in [0.717, 1.165) is 12.1 Å². The number of urea groups is 1. The van der Waals surface area contributed by atoms with E-state index in [1.54, 1.807) is 35.8 Å². The van der Waals surface area contributed by atoms with Crippen LogP contribution in [0.5, 0.6) is 0 Å². The maximum Gasteiger partial charge on any atom is 0.317 e. The second-order valence-electron chi connectivity index (χ2n) is 4.60. The SMILES string of the molecule is C[C@@H](Cn1ccnc1)NC(=O)N(C)Cc1ccsc1. The van der Waals surface area contributed by atoms with Crippen molar-refractivity contribution in [1.29, 1.82) is 0 Å². The normalized spacial score (nSPS) is 12.1. The zero-order valence-electron chi connectivity index (χ0n) is 11.1. The Hall–Kier alpha value is -1.82. The average Bonchev–Trinajstić information content (AvgIpc) is 3.01. The summed E-state index contributed by atoms with van der Waals surface area (Å²) >= 11 is 1.64. The predicted molar refractivity (Wildman–Crippen MR) is 76.0 cm³/mol. The third-order valence-electron chi connectivity index (χ3n) is 2.76. The number of aromatic nitrogens is 2. The van der Waals surface area contributed by atoms with E-state index in [0.29, 0.717) is 6.54 Å². The Kier molecular flexibility index (Phi) is 4.57. The number of rotatable bonds is 5. The first-order valence-electron chi connectivity index (χ1n) is 6.13. The zero-order chi connectivity index (χ0) is 13.7. The lowest BCUT2D eigenvalue weighted by Gasteiger charge is -2.21. The standard InChI is InChI=1S/C13H18N4OS/c1-11(7-17-5-4-14-10-17)15-13(18)16(2)8-12-3-6-19-9-12/h3-6,9-11H,7-8H2,1-2H3,(H,15,18)/t11-/m0/s1. The molecule has 0 aliphatic carbocycles. The Morgan fingerprint density at radius 3 is 3.11 bits per heavy atom. The van der Waals surface area contributed by atoms with Crippen molar-refractivity contribution in [2.75, 3.05) is 7.05 Å². The summed E-state index contributed by atoms with van der Waals surface area (Å²) in [5, 5.41) is 7.04. The third-order valence-corrected chi connectivity index (χ3v) is 3.49. The first-order valence-corrected chi connectivity index (χ1v) is 7.08. The van der Waals surface area contributed by atoms with Crippen molar-refractivity contribution in [1.82, 2.24) is 19.8 Å². The topological polar surface area (TPSA) is 50.2 Å². The lowest BCUT2D eigenvalue weighted by molar-refractivity contribution is 0.202. The van der Waals surface area contributed by atoms with Crippen LogP contribution in [0.2, 0.25) is 0 Å². The predicted octanol–water partition coefficient (Wildman–Crippen LogP) is 2.17. The summed E-state index contributed by atoms with van der Waals surface area (Å²) in [6, 6.07) is 2.04. The van der Waals surface area contributed by atoms with Gasteiger partial charge in [0.05, 0.1) is 6.33 Å². The van der Waals surface area contributed by atoms with E-state index in [-0.39, 0.29) is 12.1 Å².